The number of rotatable bonds is 8. The summed E-state index contributed by atoms with van der Waals surface area (Å²) >= 11 is 6.42. The molecule has 1 rings (SSSR count). The van der Waals surface area contributed by atoms with Gasteiger partial charge >= 0.3 is 0 Å². The van der Waals surface area contributed by atoms with Crippen molar-refractivity contribution in [2.75, 3.05) is 13.1 Å². The Hall–Kier alpha value is -0.540. The second-order valence-electron chi connectivity index (χ2n) is 6.42. The monoisotopic (exact) mass is 299 g/mol. The molecule has 20 heavy (non-hydrogen) atoms. The average Bonchev–Trinajstić information content (AvgIpc) is 2.64. The van der Waals surface area contributed by atoms with Gasteiger partial charge in [0.15, 0.2) is 0 Å². The molecule has 0 aromatic carbocycles. The SMILES string of the molecule is CCn1nc(C)c(Cl)c1CC(CNCC(C)C)C(C)C. The molecule has 1 heterocycles. The summed E-state index contributed by atoms with van der Waals surface area (Å²) < 4.78 is 2.05. The maximum Gasteiger partial charge on any atom is 0.0847 e. The fraction of sp³-hybridized carbons (Fsp3) is 0.812. The van der Waals surface area contributed by atoms with E-state index in [2.05, 4.69) is 49.7 Å². The maximum absolute atomic E-state index is 6.42. The minimum absolute atomic E-state index is 0.590. The van der Waals surface area contributed by atoms with Crippen LogP contribution in [0.4, 0.5) is 0 Å². The summed E-state index contributed by atoms with van der Waals surface area (Å²) in [7, 11) is 0. The van der Waals surface area contributed by atoms with Crippen molar-refractivity contribution >= 4 is 11.6 Å². The van der Waals surface area contributed by atoms with Crippen LogP contribution in [0, 0.1) is 24.7 Å². The standard InChI is InChI=1S/C16H30ClN3/c1-7-20-15(16(17)13(6)19-20)8-14(12(4)5)10-18-9-11(2)3/h11-12,14,18H,7-10H2,1-6H3. The summed E-state index contributed by atoms with van der Waals surface area (Å²) in [5.41, 5.74) is 2.14. The molecule has 0 fully saturated rings. The van der Waals surface area contributed by atoms with E-state index in [1.54, 1.807) is 0 Å². The highest BCUT2D eigenvalue weighted by atomic mass is 35.5. The third kappa shape index (κ3) is 4.78. The van der Waals surface area contributed by atoms with Crippen molar-refractivity contribution in [1.29, 1.82) is 0 Å². The lowest BCUT2D eigenvalue weighted by Gasteiger charge is -2.22. The van der Waals surface area contributed by atoms with E-state index in [-0.39, 0.29) is 0 Å². The molecule has 1 N–H and O–H groups in total. The number of hydrogen-bond acceptors (Lipinski definition) is 2. The van der Waals surface area contributed by atoms with Crippen LogP contribution in [0.25, 0.3) is 0 Å². The van der Waals surface area contributed by atoms with E-state index < -0.39 is 0 Å². The minimum Gasteiger partial charge on any atom is -0.316 e. The highest BCUT2D eigenvalue weighted by molar-refractivity contribution is 6.31. The van der Waals surface area contributed by atoms with Gasteiger partial charge in [0.05, 0.1) is 16.4 Å². The molecular formula is C16H30ClN3. The van der Waals surface area contributed by atoms with Gasteiger partial charge in [-0.3, -0.25) is 4.68 Å². The largest absolute Gasteiger partial charge is 0.316 e. The quantitative estimate of drug-likeness (QED) is 0.788. The number of nitrogens with zero attached hydrogens (tertiary/aromatic N) is 2. The zero-order chi connectivity index (χ0) is 15.3. The van der Waals surface area contributed by atoms with Gasteiger partial charge in [0.2, 0.25) is 0 Å². The second-order valence-corrected chi connectivity index (χ2v) is 6.80. The first-order chi connectivity index (χ1) is 9.36. The molecule has 0 amide bonds. The molecular weight excluding hydrogens is 270 g/mol. The molecule has 0 saturated heterocycles. The van der Waals surface area contributed by atoms with Gasteiger partial charge in [-0.05, 0) is 51.1 Å². The van der Waals surface area contributed by atoms with Gasteiger partial charge < -0.3 is 5.32 Å². The molecule has 0 radical (unpaired) electrons. The Labute approximate surface area is 129 Å². The first-order valence-corrected chi connectivity index (χ1v) is 8.17. The molecule has 0 bridgehead atoms. The van der Waals surface area contributed by atoms with Crippen LogP contribution in [0.15, 0.2) is 0 Å². The van der Waals surface area contributed by atoms with Gasteiger partial charge in [0, 0.05) is 6.54 Å². The number of halogens is 1. The molecule has 3 nitrogen and oxygen atoms in total. The highest BCUT2D eigenvalue weighted by Gasteiger charge is 2.20. The van der Waals surface area contributed by atoms with Crippen molar-refractivity contribution in [1.82, 2.24) is 15.1 Å². The Kier molecular flexibility index (Phi) is 7.04. The van der Waals surface area contributed by atoms with Gasteiger partial charge in [-0.25, -0.2) is 0 Å². The Bertz CT molecular complexity index is 410. The van der Waals surface area contributed by atoms with Gasteiger partial charge in [-0.2, -0.15) is 5.10 Å². The zero-order valence-electron chi connectivity index (χ0n) is 13.8. The molecule has 0 aliphatic rings. The van der Waals surface area contributed by atoms with Crippen molar-refractivity contribution in [3.63, 3.8) is 0 Å². The van der Waals surface area contributed by atoms with E-state index >= 15 is 0 Å². The summed E-state index contributed by atoms with van der Waals surface area (Å²) in [5.74, 6) is 1.91. The lowest BCUT2D eigenvalue weighted by Crippen LogP contribution is -2.31. The normalized spacial score (nSPS) is 13.4. The predicted molar refractivity (Wildman–Crippen MR) is 87.4 cm³/mol. The van der Waals surface area contributed by atoms with Gasteiger partial charge in [-0.15, -0.1) is 0 Å². The summed E-state index contributed by atoms with van der Waals surface area (Å²) in [4.78, 5) is 0. The Balaban J connectivity index is 2.75. The lowest BCUT2D eigenvalue weighted by molar-refractivity contribution is 0.345. The van der Waals surface area contributed by atoms with Crippen LogP contribution in [0.3, 0.4) is 0 Å². The van der Waals surface area contributed by atoms with Crippen molar-refractivity contribution in [2.45, 2.75) is 54.5 Å². The average molecular weight is 300 g/mol. The molecule has 0 saturated carbocycles. The molecule has 4 heteroatoms. The third-order valence-electron chi connectivity index (χ3n) is 3.81. The Morgan fingerprint density at radius 1 is 1.20 bits per heavy atom. The number of nitrogens with one attached hydrogen (secondary N) is 1. The zero-order valence-corrected chi connectivity index (χ0v) is 14.6. The molecule has 1 atom stereocenters. The van der Waals surface area contributed by atoms with Crippen LogP contribution in [0.1, 0.15) is 46.0 Å². The Morgan fingerprint density at radius 2 is 1.85 bits per heavy atom. The van der Waals surface area contributed by atoms with E-state index in [0.29, 0.717) is 17.8 Å². The molecule has 0 aliphatic carbocycles. The van der Waals surface area contributed by atoms with Crippen LogP contribution in [0.2, 0.25) is 5.02 Å². The first-order valence-electron chi connectivity index (χ1n) is 7.79. The van der Waals surface area contributed by atoms with Crippen LogP contribution in [-0.4, -0.2) is 22.9 Å². The minimum atomic E-state index is 0.590. The maximum atomic E-state index is 6.42. The highest BCUT2D eigenvalue weighted by Crippen LogP contribution is 2.25. The van der Waals surface area contributed by atoms with E-state index in [1.165, 1.54) is 5.69 Å². The number of aromatic nitrogens is 2. The predicted octanol–water partition coefficient (Wildman–Crippen LogP) is 3.93. The van der Waals surface area contributed by atoms with Crippen molar-refractivity contribution in [3.8, 4) is 0 Å². The number of aryl methyl sites for hydroxylation is 2. The van der Waals surface area contributed by atoms with Gasteiger partial charge in [0.25, 0.3) is 0 Å². The van der Waals surface area contributed by atoms with E-state index in [0.717, 1.165) is 36.8 Å². The molecule has 0 aliphatic heterocycles. The third-order valence-corrected chi connectivity index (χ3v) is 4.30. The fourth-order valence-corrected chi connectivity index (χ4v) is 2.63. The summed E-state index contributed by atoms with van der Waals surface area (Å²) in [6, 6.07) is 0. The van der Waals surface area contributed by atoms with Crippen LogP contribution < -0.4 is 5.32 Å². The van der Waals surface area contributed by atoms with Crippen LogP contribution >= 0.6 is 11.6 Å². The topological polar surface area (TPSA) is 29.9 Å². The first kappa shape index (κ1) is 17.5. The van der Waals surface area contributed by atoms with Gasteiger partial charge in [-0.1, -0.05) is 39.3 Å². The second kappa shape index (κ2) is 8.04. The summed E-state index contributed by atoms with van der Waals surface area (Å²) in [6.45, 7) is 16.2. The van der Waals surface area contributed by atoms with E-state index in [1.807, 2.05) is 6.92 Å². The molecule has 1 unspecified atom stereocenters. The number of hydrogen-bond donors (Lipinski definition) is 1. The fourth-order valence-electron chi connectivity index (χ4n) is 2.41. The van der Waals surface area contributed by atoms with E-state index in [4.69, 9.17) is 11.6 Å². The smallest absolute Gasteiger partial charge is 0.0847 e. The van der Waals surface area contributed by atoms with E-state index in [9.17, 15) is 0 Å². The van der Waals surface area contributed by atoms with Crippen LogP contribution in [-0.2, 0) is 13.0 Å². The Morgan fingerprint density at radius 3 is 2.35 bits per heavy atom. The molecule has 1 aromatic rings. The van der Waals surface area contributed by atoms with Crippen LogP contribution in [0.5, 0.6) is 0 Å². The van der Waals surface area contributed by atoms with Crippen molar-refractivity contribution < 1.29 is 0 Å². The summed E-state index contributed by atoms with van der Waals surface area (Å²) in [5, 5.41) is 8.94. The van der Waals surface area contributed by atoms with Crippen molar-refractivity contribution in [3.05, 3.63) is 16.4 Å². The van der Waals surface area contributed by atoms with Gasteiger partial charge in [0.1, 0.15) is 0 Å². The summed E-state index contributed by atoms with van der Waals surface area (Å²) in [6.07, 6.45) is 0.996. The molecule has 1 aromatic heterocycles. The lowest BCUT2D eigenvalue weighted by atomic mass is 9.90. The molecule has 0 spiro atoms. The van der Waals surface area contributed by atoms with Crippen molar-refractivity contribution in [2.24, 2.45) is 17.8 Å². The molecule has 116 valence electrons.